The number of rotatable bonds is 7. The molecule has 0 radical (unpaired) electrons. The maximum Gasteiger partial charge on any atom is 0.249 e. The summed E-state index contributed by atoms with van der Waals surface area (Å²) in [6, 6.07) is 8.07. The molecule has 1 saturated heterocycles. The lowest BCUT2D eigenvalue weighted by Crippen LogP contribution is -2.35. The van der Waals surface area contributed by atoms with Crippen LogP contribution in [0.15, 0.2) is 24.3 Å². The number of ether oxygens (including phenoxy) is 2. The molecule has 0 unspecified atom stereocenters. The summed E-state index contributed by atoms with van der Waals surface area (Å²) in [5, 5.41) is 7.10. The van der Waals surface area contributed by atoms with Crippen LogP contribution in [0.2, 0.25) is 0 Å². The SMILES string of the molecule is CCOCC(=O)N1C[C@@H](OCc2cccc(C)c2)C[C@H]1c1n[nH]c(C)n1. The maximum absolute atomic E-state index is 12.5. The number of nitrogens with zero attached hydrogens (tertiary/aromatic N) is 3. The van der Waals surface area contributed by atoms with Gasteiger partial charge in [-0.2, -0.15) is 5.10 Å². The first kappa shape index (κ1) is 18.5. The second kappa shape index (κ2) is 8.42. The number of carbonyl (C=O) groups is 1. The highest BCUT2D eigenvalue weighted by Gasteiger charge is 2.38. The van der Waals surface area contributed by atoms with Crippen LogP contribution in [0.3, 0.4) is 0 Å². The van der Waals surface area contributed by atoms with Crippen LogP contribution < -0.4 is 0 Å². The third-order valence-corrected chi connectivity index (χ3v) is 4.49. The molecule has 7 heteroatoms. The quantitative estimate of drug-likeness (QED) is 0.821. The molecule has 1 N–H and O–H groups in total. The molecular formula is C19H26N4O3. The number of aromatic amines is 1. The highest BCUT2D eigenvalue weighted by molar-refractivity contribution is 5.78. The summed E-state index contributed by atoms with van der Waals surface area (Å²) in [7, 11) is 0. The van der Waals surface area contributed by atoms with Crippen molar-refractivity contribution in [3.8, 4) is 0 Å². The van der Waals surface area contributed by atoms with Gasteiger partial charge in [0.25, 0.3) is 0 Å². The molecule has 1 aliphatic rings. The summed E-state index contributed by atoms with van der Waals surface area (Å²) >= 11 is 0. The first-order chi connectivity index (χ1) is 12.6. The lowest BCUT2D eigenvalue weighted by molar-refractivity contribution is -0.137. The predicted molar refractivity (Wildman–Crippen MR) is 96.4 cm³/mol. The third kappa shape index (κ3) is 4.47. The lowest BCUT2D eigenvalue weighted by atomic mass is 10.1. The van der Waals surface area contributed by atoms with E-state index in [9.17, 15) is 4.79 Å². The number of hydrogen-bond donors (Lipinski definition) is 1. The summed E-state index contributed by atoms with van der Waals surface area (Å²) in [5.74, 6) is 1.32. The van der Waals surface area contributed by atoms with E-state index < -0.39 is 0 Å². The van der Waals surface area contributed by atoms with Gasteiger partial charge in [0.1, 0.15) is 12.4 Å². The van der Waals surface area contributed by atoms with Crippen LogP contribution in [-0.4, -0.2) is 51.9 Å². The van der Waals surface area contributed by atoms with Gasteiger partial charge in [0.05, 0.1) is 18.8 Å². The molecule has 26 heavy (non-hydrogen) atoms. The number of aromatic nitrogens is 3. The maximum atomic E-state index is 12.5. The van der Waals surface area contributed by atoms with Gasteiger partial charge in [-0.05, 0) is 26.3 Å². The Morgan fingerprint density at radius 1 is 1.38 bits per heavy atom. The van der Waals surface area contributed by atoms with Gasteiger partial charge >= 0.3 is 0 Å². The fourth-order valence-electron chi connectivity index (χ4n) is 3.24. The largest absolute Gasteiger partial charge is 0.372 e. The van der Waals surface area contributed by atoms with E-state index in [4.69, 9.17) is 9.47 Å². The van der Waals surface area contributed by atoms with Gasteiger partial charge in [-0.25, -0.2) is 4.98 Å². The highest BCUT2D eigenvalue weighted by Crippen LogP contribution is 2.32. The topological polar surface area (TPSA) is 80.3 Å². The van der Waals surface area contributed by atoms with Crippen LogP contribution in [0, 0.1) is 13.8 Å². The average molecular weight is 358 g/mol. The molecule has 0 saturated carbocycles. The summed E-state index contributed by atoms with van der Waals surface area (Å²) in [5.41, 5.74) is 2.34. The highest BCUT2D eigenvalue weighted by atomic mass is 16.5. The summed E-state index contributed by atoms with van der Waals surface area (Å²) in [4.78, 5) is 18.7. The smallest absolute Gasteiger partial charge is 0.249 e. The van der Waals surface area contributed by atoms with Crippen molar-refractivity contribution in [1.29, 1.82) is 0 Å². The molecular weight excluding hydrogens is 332 g/mol. The third-order valence-electron chi connectivity index (χ3n) is 4.49. The molecule has 1 aliphatic heterocycles. The molecule has 1 aromatic carbocycles. The molecule has 2 heterocycles. The molecule has 0 aliphatic carbocycles. The van der Waals surface area contributed by atoms with E-state index in [1.807, 2.05) is 19.9 Å². The Morgan fingerprint density at radius 3 is 2.92 bits per heavy atom. The van der Waals surface area contributed by atoms with Gasteiger partial charge in [0.15, 0.2) is 5.82 Å². The van der Waals surface area contributed by atoms with Gasteiger partial charge in [-0.3, -0.25) is 9.89 Å². The van der Waals surface area contributed by atoms with Gasteiger partial charge in [0, 0.05) is 19.6 Å². The Hall–Kier alpha value is -2.25. The second-order valence-electron chi connectivity index (χ2n) is 6.64. The minimum atomic E-state index is -0.185. The van der Waals surface area contributed by atoms with Gasteiger partial charge in [-0.15, -0.1) is 0 Å². The zero-order valence-electron chi connectivity index (χ0n) is 15.6. The fourth-order valence-corrected chi connectivity index (χ4v) is 3.24. The van der Waals surface area contributed by atoms with Crippen molar-refractivity contribution in [1.82, 2.24) is 20.1 Å². The number of aryl methyl sites for hydroxylation is 2. The molecule has 3 rings (SSSR count). The first-order valence-corrected chi connectivity index (χ1v) is 9.00. The minimum absolute atomic E-state index is 0.0510. The Labute approximate surface area is 153 Å². The Balaban J connectivity index is 1.67. The van der Waals surface area contributed by atoms with Crippen LogP contribution in [0.25, 0.3) is 0 Å². The van der Waals surface area contributed by atoms with E-state index in [0.717, 1.165) is 11.4 Å². The van der Waals surface area contributed by atoms with Crippen LogP contribution in [-0.2, 0) is 20.9 Å². The summed E-state index contributed by atoms with van der Waals surface area (Å²) in [6.45, 7) is 7.42. The Bertz CT molecular complexity index is 746. The Morgan fingerprint density at radius 2 is 2.23 bits per heavy atom. The number of nitrogens with one attached hydrogen (secondary N) is 1. The van der Waals surface area contributed by atoms with Crippen LogP contribution in [0.4, 0.5) is 0 Å². The van der Waals surface area contributed by atoms with Crippen molar-refractivity contribution in [2.75, 3.05) is 19.8 Å². The standard InChI is InChI=1S/C19H26N4O3/c1-4-25-12-18(24)23-10-16(9-17(23)19-20-14(3)21-22-19)26-11-15-7-5-6-13(2)8-15/h5-8,16-17H,4,9-12H2,1-3H3,(H,20,21,22)/t16-,17-/m0/s1. The molecule has 140 valence electrons. The van der Waals surface area contributed by atoms with E-state index in [-0.39, 0.29) is 24.7 Å². The molecule has 2 aromatic rings. The van der Waals surface area contributed by atoms with E-state index in [2.05, 4.69) is 40.3 Å². The number of amides is 1. The number of benzene rings is 1. The predicted octanol–water partition coefficient (Wildman–Crippen LogP) is 2.32. The number of carbonyl (C=O) groups excluding carboxylic acids is 1. The zero-order chi connectivity index (χ0) is 18.5. The Kier molecular flexibility index (Phi) is 6.00. The molecule has 0 bridgehead atoms. The number of likely N-dealkylation sites (tertiary alicyclic amines) is 1. The van der Waals surface area contributed by atoms with E-state index >= 15 is 0 Å². The average Bonchev–Trinajstić information content (AvgIpc) is 3.24. The van der Waals surface area contributed by atoms with Crippen molar-refractivity contribution in [2.45, 2.75) is 45.9 Å². The van der Waals surface area contributed by atoms with Crippen LogP contribution in [0.1, 0.15) is 42.2 Å². The first-order valence-electron chi connectivity index (χ1n) is 9.00. The molecule has 7 nitrogen and oxygen atoms in total. The summed E-state index contributed by atoms with van der Waals surface area (Å²) in [6.07, 6.45) is 0.630. The zero-order valence-corrected chi connectivity index (χ0v) is 15.6. The van der Waals surface area contributed by atoms with Crippen molar-refractivity contribution in [2.24, 2.45) is 0 Å². The molecule has 0 spiro atoms. The molecule has 1 aromatic heterocycles. The van der Waals surface area contributed by atoms with E-state index in [0.29, 0.717) is 32.0 Å². The fraction of sp³-hybridized carbons (Fsp3) is 0.526. The lowest BCUT2D eigenvalue weighted by Gasteiger charge is -2.22. The minimum Gasteiger partial charge on any atom is -0.372 e. The second-order valence-corrected chi connectivity index (χ2v) is 6.64. The summed E-state index contributed by atoms with van der Waals surface area (Å²) < 4.78 is 11.4. The monoisotopic (exact) mass is 358 g/mol. The van der Waals surface area contributed by atoms with Gasteiger partial charge < -0.3 is 14.4 Å². The number of H-pyrrole nitrogens is 1. The van der Waals surface area contributed by atoms with Crippen LogP contribution in [0.5, 0.6) is 0 Å². The van der Waals surface area contributed by atoms with Gasteiger partial charge in [0.2, 0.25) is 5.91 Å². The molecule has 1 amide bonds. The van der Waals surface area contributed by atoms with Crippen molar-refractivity contribution < 1.29 is 14.3 Å². The van der Waals surface area contributed by atoms with Crippen molar-refractivity contribution >= 4 is 5.91 Å². The van der Waals surface area contributed by atoms with E-state index in [1.165, 1.54) is 5.56 Å². The molecule has 2 atom stereocenters. The normalized spacial score (nSPS) is 19.9. The van der Waals surface area contributed by atoms with E-state index in [1.54, 1.807) is 4.90 Å². The van der Waals surface area contributed by atoms with Crippen molar-refractivity contribution in [3.63, 3.8) is 0 Å². The van der Waals surface area contributed by atoms with Crippen molar-refractivity contribution in [3.05, 3.63) is 47.0 Å². The van der Waals surface area contributed by atoms with Crippen LogP contribution >= 0.6 is 0 Å². The molecule has 1 fully saturated rings. The van der Waals surface area contributed by atoms with Gasteiger partial charge in [-0.1, -0.05) is 29.8 Å². The number of hydrogen-bond acceptors (Lipinski definition) is 5.